The maximum absolute atomic E-state index is 13.5. The van der Waals surface area contributed by atoms with Gasteiger partial charge in [0.2, 0.25) is 0 Å². The van der Waals surface area contributed by atoms with E-state index < -0.39 is 11.6 Å². The number of halogens is 4. The number of rotatable bonds is 3. The van der Waals surface area contributed by atoms with Crippen molar-refractivity contribution in [2.45, 2.75) is 6.54 Å². The van der Waals surface area contributed by atoms with E-state index >= 15 is 0 Å². The molecule has 0 bridgehead atoms. The van der Waals surface area contributed by atoms with Crippen molar-refractivity contribution in [2.24, 2.45) is 0 Å². The summed E-state index contributed by atoms with van der Waals surface area (Å²) in [5.74, 6) is -1.58. The van der Waals surface area contributed by atoms with Gasteiger partial charge < -0.3 is 10.4 Å². The number of nitrogens with one attached hydrogen (secondary N) is 1. The van der Waals surface area contributed by atoms with Crippen LogP contribution in [0.25, 0.3) is 0 Å². The van der Waals surface area contributed by atoms with Gasteiger partial charge >= 0.3 is 0 Å². The van der Waals surface area contributed by atoms with Crippen LogP contribution in [0, 0.1) is 11.6 Å². The topological polar surface area (TPSA) is 32.3 Å². The summed E-state index contributed by atoms with van der Waals surface area (Å²) in [4.78, 5) is 0. The minimum atomic E-state index is -0.809. The largest absolute Gasteiger partial charge is 0.508 e. The van der Waals surface area contributed by atoms with Crippen LogP contribution in [0.15, 0.2) is 30.3 Å². The number of phenols is 1. The number of phenolic OH excluding ortho intramolecular Hbond substituents is 1. The van der Waals surface area contributed by atoms with E-state index in [0.717, 1.165) is 12.1 Å². The van der Waals surface area contributed by atoms with Crippen molar-refractivity contribution in [3.8, 4) is 5.75 Å². The van der Waals surface area contributed by atoms with Crippen LogP contribution in [0.2, 0.25) is 10.0 Å². The zero-order valence-corrected chi connectivity index (χ0v) is 11.1. The number of hydrogen-bond acceptors (Lipinski definition) is 2. The van der Waals surface area contributed by atoms with Crippen LogP contribution in [-0.2, 0) is 6.54 Å². The molecule has 0 aromatic heterocycles. The second-order valence-corrected chi connectivity index (χ2v) is 4.65. The van der Waals surface area contributed by atoms with E-state index in [9.17, 15) is 13.9 Å². The quantitative estimate of drug-likeness (QED) is 0.869. The average Bonchev–Trinajstić information content (AvgIpc) is 2.31. The molecule has 100 valence electrons. The Bertz CT molecular complexity index is 576. The van der Waals surface area contributed by atoms with Crippen LogP contribution in [0.4, 0.5) is 14.5 Å². The Morgan fingerprint density at radius 3 is 2.47 bits per heavy atom. The molecular formula is C13H9Cl2F2NO. The second kappa shape index (κ2) is 5.63. The number of benzene rings is 2. The Balaban J connectivity index is 2.24. The summed E-state index contributed by atoms with van der Waals surface area (Å²) in [5, 5.41) is 12.6. The fourth-order valence-electron chi connectivity index (χ4n) is 1.61. The molecule has 0 aliphatic rings. The minimum Gasteiger partial charge on any atom is -0.508 e. The van der Waals surface area contributed by atoms with Crippen LogP contribution in [-0.4, -0.2) is 5.11 Å². The first-order valence-electron chi connectivity index (χ1n) is 5.34. The summed E-state index contributed by atoms with van der Waals surface area (Å²) < 4.78 is 26.4. The third-order valence-electron chi connectivity index (χ3n) is 2.54. The van der Waals surface area contributed by atoms with Crippen molar-refractivity contribution in [3.63, 3.8) is 0 Å². The van der Waals surface area contributed by atoms with E-state index in [1.165, 1.54) is 6.07 Å². The van der Waals surface area contributed by atoms with Crippen molar-refractivity contribution in [3.05, 3.63) is 57.6 Å². The van der Waals surface area contributed by atoms with Crippen molar-refractivity contribution in [2.75, 3.05) is 5.32 Å². The summed E-state index contributed by atoms with van der Waals surface area (Å²) in [6.07, 6.45) is 0. The molecule has 0 atom stereocenters. The first kappa shape index (κ1) is 13.9. The van der Waals surface area contributed by atoms with E-state index in [1.54, 1.807) is 12.1 Å². The Hall–Kier alpha value is -1.52. The van der Waals surface area contributed by atoms with Crippen molar-refractivity contribution in [1.82, 2.24) is 0 Å². The van der Waals surface area contributed by atoms with E-state index in [0.29, 0.717) is 10.6 Å². The molecule has 2 rings (SSSR count). The summed E-state index contributed by atoms with van der Waals surface area (Å²) >= 11 is 11.7. The molecule has 2 aromatic rings. The molecule has 0 spiro atoms. The van der Waals surface area contributed by atoms with Gasteiger partial charge in [0.1, 0.15) is 11.6 Å². The van der Waals surface area contributed by atoms with Gasteiger partial charge in [0.05, 0.1) is 10.7 Å². The first-order valence-corrected chi connectivity index (χ1v) is 6.09. The smallest absolute Gasteiger partial charge is 0.150 e. The molecule has 2 aromatic carbocycles. The molecule has 0 aliphatic carbocycles. The highest BCUT2D eigenvalue weighted by Crippen LogP contribution is 2.30. The van der Waals surface area contributed by atoms with E-state index in [-0.39, 0.29) is 23.0 Å². The lowest BCUT2D eigenvalue weighted by Crippen LogP contribution is -2.03. The maximum atomic E-state index is 13.5. The Labute approximate surface area is 118 Å². The van der Waals surface area contributed by atoms with E-state index in [1.807, 2.05) is 0 Å². The van der Waals surface area contributed by atoms with E-state index in [2.05, 4.69) is 5.32 Å². The van der Waals surface area contributed by atoms with Crippen LogP contribution in [0.5, 0.6) is 5.75 Å². The summed E-state index contributed by atoms with van der Waals surface area (Å²) in [6, 6.07) is 6.37. The third-order valence-corrected chi connectivity index (χ3v) is 3.20. The molecule has 0 heterocycles. The first-order chi connectivity index (χ1) is 8.99. The lowest BCUT2D eigenvalue weighted by molar-refractivity contribution is 0.469. The molecule has 6 heteroatoms. The van der Waals surface area contributed by atoms with Crippen LogP contribution in [0.3, 0.4) is 0 Å². The molecule has 0 unspecified atom stereocenters. The fraction of sp³-hybridized carbons (Fsp3) is 0.0769. The molecular weight excluding hydrogens is 295 g/mol. The zero-order valence-electron chi connectivity index (χ0n) is 9.55. The lowest BCUT2D eigenvalue weighted by Gasteiger charge is -2.12. The van der Waals surface area contributed by atoms with Gasteiger partial charge in [0.25, 0.3) is 0 Å². The zero-order chi connectivity index (χ0) is 14.0. The van der Waals surface area contributed by atoms with Crippen molar-refractivity contribution < 1.29 is 13.9 Å². The number of anilines is 1. The SMILES string of the molecule is Oc1cccc(Cl)c1CNc1c(F)cc(F)cc1Cl. The molecule has 0 fully saturated rings. The van der Waals surface area contributed by atoms with Gasteiger partial charge in [0.15, 0.2) is 5.82 Å². The Morgan fingerprint density at radius 1 is 1.11 bits per heavy atom. The highest BCUT2D eigenvalue weighted by Gasteiger charge is 2.12. The Morgan fingerprint density at radius 2 is 1.84 bits per heavy atom. The monoisotopic (exact) mass is 303 g/mol. The van der Waals surface area contributed by atoms with Crippen LogP contribution < -0.4 is 5.32 Å². The number of hydrogen-bond donors (Lipinski definition) is 2. The van der Waals surface area contributed by atoms with Gasteiger partial charge in [-0.2, -0.15) is 0 Å². The molecule has 19 heavy (non-hydrogen) atoms. The number of aromatic hydroxyl groups is 1. The normalized spacial score (nSPS) is 10.5. The summed E-state index contributed by atoms with van der Waals surface area (Å²) in [7, 11) is 0. The van der Waals surface area contributed by atoms with Crippen molar-refractivity contribution >= 4 is 28.9 Å². The van der Waals surface area contributed by atoms with Crippen LogP contribution in [0.1, 0.15) is 5.56 Å². The predicted molar refractivity (Wildman–Crippen MR) is 71.8 cm³/mol. The molecule has 0 saturated carbocycles. The van der Waals surface area contributed by atoms with Crippen molar-refractivity contribution in [1.29, 1.82) is 0 Å². The highest BCUT2D eigenvalue weighted by atomic mass is 35.5. The van der Waals surface area contributed by atoms with Crippen LogP contribution >= 0.6 is 23.2 Å². The van der Waals surface area contributed by atoms with Gasteiger partial charge in [-0.05, 0) is 18.2 Å². The summed E-state index contributed by atoms with van der Waals surface area (Å²) in [6.45, 7) is 0.0633. The molecule has 0 saturated heterocycles. The van der Waals surface area contributed by atoms with Gasteiger partial charge in [-0.3, -0.25) is 0 Å². The predicted octanol–water partition coefficient (Wildman–Crippen LogP) is 4.59. The molecule has 2 nitrogen and oxygen atoms in total. The lowest BCUT2D eigenvalue weighted by atomic mass is 10.2. The maximum Gasteiger partial charge on any atom is 0.150 e. The van der Waals surface area contributed by atoms with Gasteiger partial charge in [-0.25, -0.2) is 8.78 Å². The molecule has 0 radical (unpaired) electrons. The standard InChI is InChI=1S/C13H9Cl2F2NO/c14-9-2-1-3-12(19)8(9)6-18-13-10(15)4-7(16)5-11(13)17/h1-5,18-19H,6H2. The minimum absolute atomic E-state index is 0.0151. The molecule has 0 aliphatic heterocycles. The van der Waals surface area contributed by atoms with Gasteiger partial charge in [-0.1, -0.05) is 29.3 Å². The second-order valence-electron chi connectivity index (χ2n) is 3.84. The van der Waals surface area contributed by atoms with E-state index in [4.69, 9.17) is 23.2 Å². The highest BCUT2D eigenvalue weighted by molar-refractivity contribution is 6.33. The van der Waals surface area contributed by atoms with Gasteiger partial charge in [0, 0.05) is 23.2 Å². The molecule has 0 amide bonds. The fourth-order valence-corrected chi connectivity index (χ4v) is 2.11. The summed E-state index contributed by atoms with van der Waals surface area (Å²) in [5.41, 5.74) is 0.367. The molecule has 2 N–H and O–H groups in total. The van der Waals surface area contributed by atoms with Gasteiger partial charge in [-0.15, -0.1) is 0 Å². The Kier molecular flexibility index (Phi) is 4.12. The average molecular weight is 304 g/mol. The third kappa shape index (κ3) is 3.08.